The lowest BCUT2D eigenvalue weighted by Crippen LogP contribution is -2.34. The van der Waals surface area contributed by atoms with Gasteiger partial charge in [-0.15, -0.1) is 0 Å². The molecular formula is C17H18N2O4. The number of hydrogen-bond donors (Lipinski definition) is 3. The average molecular weight is 314 g/mol. The first kappa shape index (κ1) is 16.4. The van der Waals surface area contributed by atoms with Crippen LogP contribution < -0.4 is 15.4 Å². The Morgan fingerprint density at radius 1 is 0.913 bits per heavy atom. The fourth-order valence-corrected chi connectivity index (χ4v) is 1.94. The molecule has 2 aromatic carbocycles. The molecule has 120 valence electrons. The molecule has 0 fully saturated rings. The lowest BCUT2D eigenvalue weighted by Gasteiger charge is -2.08. The molecule has 0 bridgehead atoms. The summed E-state index contributed by atoms with van der Waals surface area (Å²) in [6.45, 7) is 0.738. The Morgan fingerprint density at radius 2 is 1.39 bits per heavy atom. The summed E-state index contributed by atoms with van der Waals surface area (Å²) in [6, 6.07) is 13.5. The standard InChI is InChI=1S/C17H18N2O4/c1-23-15-8-4-13(5-9-15)11-19-17(22)18-10-12-2-6-14(7-3-12)16(20)21/h2-9H,10-11H2,1H3,(H,20,21)(H2,18,19,22). The average Bonchev–Trinajstić information content (AvgIpc) is 2.59. The van der Waals surface area contributed by atoms with Gasteiger partial charge in [-0.05, 0) is 35.4 Å². The van der Waals surface area contributed by atoms with Gasteiger partial charge in [-0.3, -0.25) is 0 Å². The lowest BCUT2D eigenvalue weighted by molar-refractivity contribution is 0.0697. The van der Waals surface area contributed by atoms with Gasteiger partial charge in [0.25, 0.3) is 0 Å². The lowest BCUT2D eigenvalue weighted by atomic mass is 10.1. The number of amides is 2. The molecule has 2 aromatic rings. The van der Waals surface area contributed by atoms with Gasteiger partial charge in [0.1, 0.15) is 5.75 Å². The molecule has 0 aliphatic rings. The molecule has 0 aliphatic heterocycles. The summed E-state index contributed by atoms with van der Waals surface area (Å²) >= 11 is 0. The van der Waals surface area contributed by atoms with Crippen LogP contribution in [0, 0.1) is 0 Å². The number of nitrogens with one attached hydrogen (secondary N) is 2. The minimum Gasteiger partial charge on any atom is -0.497 e. The van der Waals surface area contributed by atoms with Gasteiger partial charge in [0.2, 0.25) is 0 Å². The molecule has 6 heteroatoms. The van der Waals surface area contributed by atoms with E-state index in [-0.39, 0.29) is 11.6 Å². The summed E-state index contributed by atoms with van der Waals surface area (Å²) < 4.78 is 5.07. The predicted molar refractivity (Wildman–Crippen MR) is 85.5 cm³/mol. The molecule has 6 nitrogen and oxygen atoms in total. The summed E-state index contributed by atoms with van der Waals surface area (Å²) in [5.74, 6) is -0.204. The van der Waals surface area contributed by atoms with Crippen molar-refractivity contribution in [3.8, 4) is 5.75 Å². The van der Waals surface area contributed by atoms with Crippen molar-refractivity contribution in [1.82, 2.24) is 10.6 Å². The number of urea groups is 1. The van der Waals surface area contributed by atoms with E-state index >= 15 is 0 Å². The maximum absolute atomic E-state index is 11.7. The molecule has 0 aliphatic carbocycles. The molecular weight excluding hydrogens is 296 g/mol. The van der Waals surface area contributed by atoms with Gasteiger partial charge in [0.15, 0.2) is 0 Å². The van der Waals surface area contributed by atoms with Crippen LogP contribution >= 0.6 is 0 Å². The number of aromatic carboxylic acids is 1. The highest BCUT2D eigenvalue weighted by molar-refractivity contribution is 5.87. The van der Waals surface area contributed by atoms with E-state index in [1.165, 1.54) is 12.1 Å². The van der Waals surface area contributed by atoms with Crippen molar-refractivity contribution in [2.45, 2.75) is 13.1 Å². The van der Waals surface area contributed by atoms with E-state index in [4.69, 9.17) is 9.84 Å². The van der Waals surface area contributed by atoms with Crippen LogP contribution in [0.15, 0.2) is 48.5 Å². The third kappa shape index (κ3) is 5.03. The maximum Gasteiger partial charge on any atom is 0.335 e. The second kappa shape index (κ2) is 7.84. The van der Waals surface area contributed by atoms with E-state index in [0.29, 0.717) is 13.1 Å². The van der Waals surface area contributed by atoms with Gasteiger partial charge in [0, 0.05) is 13.1 Å². The summed E-state index contributed by atoms with van der Waals surface area (Å²) in [4.78, 5) is 22.5. The predicted octanol–water partition coefficient (Wildman–Crippen LogP) is 2.39. The van der Waals surface area contributed by atoms with E-state index in [1.54, 1.807) is 19.2 Å². The van der Waals surface area contributed by atoms with Gasteiger partial charge in [-0.2, -0.15) is 0 Å². The molecule has 0 aromatic heterocycles. The van der Waals surface area contributed by atoms with Gasteiger partial charge < -0.3 is 20.5 Å². The first-order valence-corrected chi connectivity index (χ1v) is 7.05. The molecule has 2 rings (SSSR count). The zero-order chi connectivity index (χ0) is 16.7. The van der Waals surface area contributed by atoms with E-state index < -0.39 is 5.97 Å². The van der Waals surface area contributed by atoms with Crippen LogP contribution in [0.2, 0.25) is 0 Å². The van der Waals surface area contributed by atoms with Crippen LogP contribution in [0.25, 0.3) is 0 Å². The summed E-state index contributed by atoms with van der Waals surface area (Å²) in [6.07, 6.45) is 0. The Hall–Kier alpha value is -3.02. The number of carbonyl (C=O) groups excluding carboxylic acids is 1. The fourth-order valence-electron chi connectivity index (χ4n) is 1.94. The summed E-state index contributed by atoms with van der Waals surface area (Å²) in [5, 5.41) is 14.3. The molecule has 0 saturated heterocycles. The number of ether oxygens (including phenoxy) is 1. The Labute approximate surface area is 134 Å². The largest absolute Gasteiger partial charge is 0.497 e. The van der Waals surface area contributed by atoms with Crippen molar-refractivity contribution in [2.75, 3.05) is 7.11 Å². The summed E-state index contributed by atoms with van der Waals surface area (Å²) in [5.41, 5.74) is 2.01. The maximum atomic E-state index is 11.7. The van der Waals surface area contributed by atoms with Crippen LogP contribution in [0.1, 0.15) is 21.5 Å². The molecule has 2 amide bonds. The first-order valence-electron chi connectivity index (χ1n) is 7.05. The molecule has 23 heavy (non-hydrogen) atoms. The van der Waals surface area contributed by atoms with Gasteiger partial charge in [-0.1, -0.05) is 24.3 Å². The molecule has 0 unspecified atom stereocenters. The molecule has 0 atom stereocenters. The van der Waals surface area contributed by atoms with Crippen LogP contribution in [0.4, 0.5) is 4.79 Å². The van der Waals surface area contributed by atoms with Crippen molar-refractivity contribution in [3.05, 3.63) is 65.2 Å². The second-order valence-electron chi connectivity index (χ2n) is 4.89. The smallest absolute Gasteiger partial charge is 0.335 e. The van der Waals surface area contributed by atoms with Crippen LogP contribution in [0.5, 0.6) is 5.75 Å². The molecule has 0 saturated carbocycles. The number of carbonyl (C=O) groups is 2. The van der Waals surface area contributed by atoms with Gasteiger partial charge >= 0.3 is 12.0 Å². The number of carboxylic acids is 1. The van der Waals surface area contributed by atoms with Crippen LogP contribution in [-0.4, -0.2) is 24.2 Å². The Kier molecular flexibility index (Phi) is 5.57. The van der Waals surface area contributed by atoms with Gasteiger partial charge in [0.05, 0.1) is 12.7 Å². The Morgan fingerprint density at radius 3 is 1.83 bits per heavy atom. The Balaban J connectivity index is 1.77. The molecule has 3 N–H and O–H groups in total. The van der Waals surface area contributed by atoms with E-state index in [1.807, 2.05) is 24.3 Å². The highest BCUT2D eigenvalue weighted by Gasteiger charge is 2.04. The van der Waals surface area contributed by atoms with Crippen molar-refractivity contribution in [3.63, 3.8) is 0 Å². The van der Waals surface area contributed by atoms with Crippen molar-refractivity contribution in [2.24, 2.45) is 0 Å². The van der Waals surface area contributed by atoms with E-state index in [9.17, 15) is 9.59 Å². The highest BCUT2D eigenvalue weighted by atomic mass is 16.5. The fraction of sp³-hybridized carbons (Fsp3) is 0.176. The number of hydrogen-bond acceptors (Lipinski definition) is 3. The van der Waals surface area contributed by atoms with E-state index in [0.717, 1.165) is 16.9 Å². The molecule has 0 radical (unpaired) electrons. The monoisotopic (exact) mass is 314 g/mol. The molecule has 0 heterocycles. The van der Waals surface area contributed by atoms with Crippen molar-refractivity contribution in [1.29, 1.82) is 0 Å². The minimum atomic E-state index is -0.971. The van der Waals surface area contributed by atoms with Crippen LogP contribution in [0.3, 0.4) is 0 Å². The zero-order valence-electron chi connectivity index (χ0n) is 12.7. The number of methoxy groups -OCH3 is 1. The third-order valence-corrected chi connectivity index (χ3v) is 3.27. The number of benzene rings is 2. The first-order chi connectivity index (χ1) is 11.1. The zero-order valence-corrected chi connectivity index (χ0v) is 12.7. The van der Waals surface area contributed by atoms with Crippen LogP contribution in [-0.2, 0) is 13.1 Å². The van der Waals surface area contributed by atoms with E-state index in [2.05, 4.69) is 10.6 Å². The van der Waals surface area contributed by atoms with Crippen molar-refractivity contribution < 1.29 is 19.4 Å². The van der Waals surface area contributed by atoms with Gasteiger partial charge in [-0.25, -0.2) is 9.59 Å². The minimum absolute atomic E-state index is 0.220. The quantitative estimate of drug-likeness (QED) is 0.764. The number of carboxylic acid groups (broad SMARTS) is 1. The normalized spacial score (nSPS) is 9.96. The Bertz CT molecular complexity index is 666. The SMILES string of the molecule is COc1ccc(CNC(=O)NCc2ccc(C(=O)O)cc2)cc1. The molecule has 0 spiro atoms. The number of rotatable bonds is 6. The van der Waals surface area contributed by atoms with Crippen molar-refractivity contribution >= 4 is 12.0 Å². The third-order valence-electron chi connectivity index (χ3n) is 3.27. The summed E-state index contributed by atoms with van der Waals surface area (Å²) in [7, 11) is 1.60. The topological polar surface area (TPSA) is 87.7 Å². The second-order valence-corrected chi connectivity index (χ2v) is 4.89. The highest BCUT2D eigenvalue weighted by Crippen LogP contribution is 2.10.